The molecule has 0 atom stereocenters. The highest BCUT2D eigenvalue weighted by Gasteiger charge is 2.27. The van der Waals surface area contributed by atoms with Crippen molar-refractivity contribution in [2.75, 3.05) is 39.4 Å². The minimum atomic E-state index is -4.42. The third-order valence-electron chi connectivity index (χ3n) is 2.21. The van der Waals surface area contributed by atoms with Crippen LogP contribution in [-0.2, 0) is 9.53 Å². The van der Waals surface area contributed by atoms with Gasteiger partial charge in [0.1, 0.15) is 13.1 Å². The van der Waals surface area contributed by atoms with Crippen LogP contribution in [-0.4, -0.2) is 62.3 Å². The number of amides is 1. The standard InChI is InChI=1S/C9H15F3N4O2.HI/c10-9(11,12)6-15-7(17)5-14-8(13)16-1-3-18-4-2-16;/h1-6H2,(H2,13,14)(H,15,17);1H. The molecule has 0 aromatic carbocycles. The number of morpholine rings is 1. The van der Waals surface area contributed by atoms with Gasteiger partial charge in [-0.1, -0.05) is 0 Å². The number of hydrogen-bond donors (Lipinski definition) is 2. The van der Waals surface area contributed by atoms with Crippen LogP contribution in [0.3, 0.4) is 0 Å². The fourth-order valence-corrected chi connectivity index (χ4v) is 1.30. The Hall–Kier alpha value is -0.780. The van der Waals surface area contributed by atoms with Crippen molar-refractivity contribution in [3.8, 4) is 0 Å². The monoisotopic (exact) mass is 396 g/mol. The van der Waals surface area contributed by atoms with E-state index in [2.05, 4.69) is 4.99 Å². The number of rotatable bonds is 3. The highest BCUT2D eigenvalue weighted by molar-refractivity contribution is 14.0. The van der Waals surface area contributed by atoms with Crippen molar-refractivity contribution in [3.63, 3.8) is 0 Å². The Kier molecular flexibility index (Phi) is 8.06. The number of halogens is 4. The van der Waals surface area contributed by atoms with E-state index in [1.165, 1.54) is 0 Å². The minimum absolute atomic E-state index is 0. The molecule has 0 aliphatic carbocycles. The first-order valence-electron chi connectivity index (χ1n) is 5.34. The first kappa shape index (κ1) is 18.2. The number of nitrogens with two attached hydrogens (primary N) is 1. The number of carbonyl (C=O) groups is 1. The average Bonchev–Trinajstić information content (AvgIpc) is 2.33. The highest BCUT2D eigenvalue weighted by atomic mass is 127. The van der Waals surface area contributed by atoms with E-state index >= 15 is 0 Å². The zero-order valence-electron chi connectivity index (χ0n) is 10.1. The summed E-state index contributed by atoms with van der Waals surface area (Å²) in [5.41, 5.74) is 5.60. The molecule has 112 valence electrons. The van der Waals surface area contributed by atoms with Gasteiger partial charge in [0.2, 0.25) is 5.91 Å². The van der Waals surface area contributed by atoms with Gasteiger partial charge in [-0.2, -0.15) is 13.2 Å². The lowest BCUT2D eigenvalue weighted by Crippen LogP contribution is -2.45. The Morgan fingerprint density at radius 3 is 2.47 bits per heavy atom. The van der Waals surface area contributed by atoms with Gasteiger partial charge < -0.3 is 20.7 Å². The van der Waals surface area contributed by atoms with E-state index in [-0.39, 0.29) is 29.9 Å². The lowest BCUT2D eigenvalue weighted by atomic mass is 10.4. The molecule has 0 aromatic rings. The first-order chi connectivity index (χ1) is 8.38. The van der Waals surface area contributed by atoms with Crippen LogP contribution in [0.2, 0.25) is 0 Å². The number of nitrogens with zero attached hydrogens (tertiary/aromatic N) is 2. The zero-order chi connectivity index (χ0) is 13.6. The van der Waals surface area contributed by atoms with Crippen LogP contribution in [0, 0.1) is 0 Å². The maximum atomic E-state index is 11.8. The Labute approximate surface area is 125 Å². The zero-order valence-corrected chi connectivity index (χ0v) is 12.4. The summed E-state index contributed by atoms with van der Waals surface area (Å²) in [5.74, 6) is -0.677. The molecule has 1 aliphatic heterocycles. The molecule has 19 heavy (non-hydrogen) atoms. The maximum absolute atomic E-state index is 11.8. The van der Waals surface area contributed by atoms with Crippen LogP contribution in [0.5, 0.6) is 0 Å². The smallest absolute Gasteiger partial charge is 0.378 e. The van der Waals surface area contributed by atoms with E-state index in [0.29, 0.717) is 26.3 Å². The van der Waals surface area contributed by atoms with Crippen LogP contribution < -0.4 is 11.1 Å². The first-order valence-corrected chi connectivity index (χ1v) is 5.34. The second-order valence-corrected chi connectivity index (χ2v) is 3.67. The number of guanidine groups is 1. The van der Waals surface area contributed by atoms with Gasteiger partial charge in [-0.05, 0) is 0 Å². The SMILES string of the molecule is I.NC(=NCC(=O)NCC(F)(F)F)N1CCOCC1. The van der Waals surface area contributed by atoms with Gasteiger partial charge in [-0.3, -0.25) is 4.79 Å². The van der Waals surface area contributed by atoms with E-state index in [4.69, 9.17) is 10.5 Å². The number of nitrogens with one attached hydrogen (secondary N) is 1. The van der Waals surface area contributed by atoms with Crippen molar-refractivity contribution in [2.24, 2.45) is 10.7 Å². The number of alkyl halides is 3. The molecule has 1 saturated heterocycles. The number of hydrogen-bond acceptors (Lipinski definition) is 3. The average molecular weight is 396 g/mol. The molecular formula is C9H16F3IN4O2. The molecule has 1 amide bonds. The topological polar surface area (TPSA) is 79.9 Å². The number of ether oxygens (including phenoxy) is 1. The van der Waals surface area contributed by atoms with E-state index in [1.807, 2.05) is 0 Å². The van der Waals surface area contributed by atoms with Gasteiger partial charge in [0.05, 0.1) is 13.2 Å². The van der Waals surface area contributed by atoms with Crippen molar-refractivity contribution in [1.82, 2.24) is 10.2 Å². The fraction of sp³-hybridized carbons (Fsp3) is 0.778. The molecule has 0 unspecified atom stereocenters. The van der Waals surface area contributed by atoms with Gasteiger partial charge in [-0.25, -0.2) is 4.99 Å². The molecule has 0 bridgehead atoms. The summed E-state index contributed by atoms with van der Waals surface area (Å²) in [6, 6.07) is 0. The molecule has 10 heteroatoms. The summed E-state index contributed by atoms with van der Waals surface area (Å²) in [5, 5.41) is 1.71. The van der Waals surface area contributed by atoms with Gasteiger partial charge in [0.25, 0.3) is 0 Å². The van der Waals surface area contributed by atoms with Crippen LogP contribution in [0.4, 0.5) is 13.2 Å². The quantitative estimate of drug-likeness (QED) is 0.398. The molecule has 0 spiro atoms. The molecule has 1 rings (SSSR count). The van der Waals surface area contributed by atoms with Crippen LogP contribution in [0.15, 0.2) is 4.99 Å². The lowest BCUT2D eigenvalue weighted by molar-refractivity contribution is -0.137. The molecular weight excluding hydrogens is 380 g/mol. The molecule has 3 N–H and O–H groups in total. The summed E-state index contributed by atoms with van der Waals surface area (Å²) < 4.78 is 40.5. The lowest BCUT2D eigenvalue weighted by Gasteiger charge is -2.27. The summed E-state index contributed by atoms with van der Waals surface area (Å²) in [6.07, 6.45) is -4.42. The van der Waals surface area contributed by atoms with Crippen molar-refractivity contribution in [2.45, 2.75) is 6.18 Å². The van der Waals surface area contributed by atoms with Gasteiger partial charge >= 0.3 is 6.18 Å². The Morgan fingerprint density at radius 1 is 1.37 bits per heavy atom. The van der Waals surface area contributed by atoms with E-state index in [0.717, 1.165) is 0 Å². The largest absolute Gasteiger partial charge is 0.405 e. The van der Waals surface area contributed by atoms with Crippen LogP contribution in [0.25, 0.3) is 0 Å². The Bertz CT molecular complexity index is 319. The van der Waals surface area contributed by atoms with Gasteiger partial charge in [0.15, 0.2) is 5.96 Å². The second-order valence-electron chi connectivity index (χ2n) is 3.67. The maximum Gasteiger partial charge on any atom is 0.405 e. The predicted octanol–water partition coefficient (Wildman–Crippen LogP) is -0.0702. The summed E-state index contributed by atoms with van der Waals surface area (Å²) in [6.45, 7) is 0.351. The van der Waals surface area contributed by atoms with Crippen LogP contribution in [0.1, 0.15) is 0 Å². The van der Waals surface area contributed by atoms with E-state index < -0.39 is 25.2 Å². The van der Waals surface area contributed by atoms with Crippen molar-refractivity contribution >= 4 is 35.8 Å². The summed E-state index contributed by atoms with van der Waals surface area (Å²) in [7, 11) is 0. The van der Waals surface area contributed by atoms with Gasteiger partial charge in [-0.15, -0.1) is 24.0 Å². The minimum Gasteiger partial charge on any atom is -0.378 e. The van der Waals surface area contributed by atoms with Gasteiger partial charge in [0, 0.05) is 13.1 Å². The summed E-state index contributed by atoms with van der Waals surface area (Å²) >= 11 is 0. The normalized spacial score (nSPS) is 16.8. The van der Waals surface area contributed by atoms with Crippen molar-refractivity contribution in [1.29, 1.82) is 0 Å². The second kappa shape index (κ2) is 8.40. The highest BCUT2D eigenvalue weighted by Crippen LogP contribution is 2.11. The Morgan fingerprint density at radius 2 is 1.95 bits per heavy atom. The molecule has 6 nitrogen and oxygen atoms in total. The summed E-state index contributed by atoms with van der Waals surface area (Å²) in [4.78, 5) is 16.5. The van der Waals surface area contributed by atoms with E-state index in [9.17, 15) is 18.0 Å². The number of carbonyl (C=O) groups excluding carboxylic acids is 1. The Balaban J connectivity index is 0.00000324. The molecule has 0 saturated carbocycles. The predicted molar refractivity (Wildman–Crippen MR) is 73.4 cm³/mol. The third-order valence-corrected chi connectivity index (χ3v) is 2.21. The molecule has 0 radical (unpaired) electrons. The molecule has 1 heterocycles. The molecule has 1 fully saturated rings. The van der Waals surface area contributed by atoms with Crippen molar-refractivity contribution in [3.05, 3.63) is 0 Å². The van der Waals surface area contributed by atoms with Crippen LogP contribution >= 0.6 is 24.0 Å². The molecule has 1 aliphatic rings. The number of aliphatic imine (C=N–C) groups is 1. The van der Waals surface area contributed by atoms with Crippen molar-refractivity contribution < 1.29 is 22.7 Å². The fourth-order valence-electron chi connectivity index (χ4n) is 1.30. The van der Waals surface area contributed by atoms with E-state index in [1.54, 1.807) is 10.2 Å². The third kappa shape index (κ3) is 8.08. The molecule has 0 aromatic heterocycles.